The predicted octanol–water partition coefficient (Wildman–Crippen LogP) is 2.92. The number of nitrogens with zero attached hydrogens (tertiary/aromatic N) is 1. The maximum atomic E-state index is 14.1. The molecule has 1 spiro atoms. The Hall–Kier alpha value is -1.97. The van der Waals surface area contributed by atoms with Crippen LogP contribution in [0.2, 0.25) is 0 Å². The van der Waals surface area contributed by atoms with E-state index in [-0.39, 0.29) is 35.1 Å². The predicted molar refractivity (Wildman–Crippen MR) is 141 cm³/mol. The number of benzene rings is 1. The van der Waals surface area contributed by atoms with Crippen LogP contribution in [0.15, 0.2) is 18.2 Å². The topological polar surface area (TPSA) is 108 Å². The molecule has 9 heteroatoms. The van der Waals surface area contributed by atoms with E-state index < -0.39 is 35.6 Å². The van der Waals surface area contributed by atoms with Gasteiger partial charge in [0.2, 0.25) is 17.7 Å². The number of alkyl halides is 1. The maximum absolute atomic E-state index is 14.1. The van der Waals surface area contributed by atoms with Crippen molar-refractivity contribution in [3.05, 3.63) is 29.3 Å². The molecule has 7 atom stereocenters. The molecule has 3 heterocycles. The molecule has 2 bridgehead atoms. The Kier molecular flexibility index (Phi) is 7.84. The van der Waals surface area contributed by atoms with Gasteiger partial charge in [0.1, 0.15) is 11.6 Å². The third kappa shape index (κ3) is 4.37. The summed E-state index contributed by atoms with van der Waals surface area (Å²) in [5.74, 6) is -2.12. The SMILES string of the molecule is CCCNC(=O)[C@H]1[C@@H]2OC3(CC2Br)C(C(=O)Nc2c(C)cccc2C)N([C@@H](CO)CC(C)C)C(=O)[C@H]13. The Balaban J connectivity index is 1.78. The molecule has 3 aliphatic heterocycles. The van der Waals surface area contributed by atoms with Gasteiger partial charge in [-0.15, -0.1) is 0 Å². The molecular weight excluding hydrogens is 526 g/mol. The molecule has 36 heavy (non-hydrogen) atoms. The number of anilines is 1. The monoisotopic (exact) mass is 563 g/mol. The number of amides is 3. The third-order valence-corrected chi connectivity index (χ3v) is 8.75. The van der Waals surface area contributed by atoms with E-state index in [4.69, 9.17) is 4.74 Å². The first kappa shape index (κ1) is 27.1. The van der Waals surface area contributed by atoms with Gasteiger partial charge in [0.25, 0.3) is 0 Å². The fourth-order valence-corrected chi connectivity index (χ4v) is 7.39. The smallest absolute Gasteiger partial charge is 0.250 e. The molecule has 3 fully saturated rings. The van der Waals surface area contributed by atoms with Crippen molar-refractivity contribution in [2.45, 2.75) is 82.5 Å². The number of aliphatic hydroxyl groups excluding tert-OH is 1. The van der Waals surface area contributed by atoms with Crippen LogP contribution in [0, 0.1) is 31.6 Å². The van der Waals surface area contributed by atoms with E-state index in [2.05, 4.69) is 26.6 Å². The van der Waals surface area contributed by atoms with Gasteiger partial charge >= 0.3 is 0 Å². The molecule has 3 aliphatic rings. The Bertz CT molecular complexity index is 1010. The molecule has 0 saturated carbocycles. The van der Waals surface area contributed by atoms with Crippen molar-refractivity contribution in [2.75, 3.05) is 18.5 Å². The minimum atomic E-state index is -1.14. The Morgan fingerprint density at radius 2 is 1.92 bits per heavy atom. The van der Waals surface area contributed by atoms with E-state index in [1.165, 1.54) is 4.90 Å². The van der Waals surface area contributed by atoms with Crippen LogP contribution in [0.25, 0.3) is 0 Å². The molecule has 3 unspecified atom stereocenters. The summed E-state index contributed by atoms with van der Waals surface area (Å²) in [5.41, 5.74) is 1.40. The van der Waals surface area contributed by atoms with Crippen molar-refractivity contribution < 1.29 is 24.2 Å². The number of aliphatic hydroxyl groups is 1. The van der Waals surface area contributed by atoms with Crippen LogP contribution >= 0.6 is 15.9 Å². The Labute approximate surface area is 221 Å². The van der Waals surface area contributed by atoms with Crippen molar-refractivity contribution >= 4 is 39.3 Å². The lowest BCUT2D eigenvalue weighted by atomic mass is 9.70. The number of likely N-dealkylation sites (tertiary alicyclic amines) is 1. The molecule has 198 valence electrons. The first-order chi connectivity index (χ1) is 17.1. The molecule has 4 rings (SSSR count). The van der Waals surface area contributed by atoms with E-state index in [0.29, 0.717) is 25.1 Å². The fourth-order valence-electron chi connectivity index (χ4n) is 6.45. The molecule has 3 N–H and O–H groups in total. The van der Waals surface area contributed by atoms with E-state index in [9.17, 15) is 19.5 Å². The number of carbonyl (C=O) groups is 3. The highest BCUT2D eigenvalue weighted by Gasteiger charge is 2.77. The van der Waals surface area contributed by atoms with Gasteiger partial charge in [-0.1, -0.05) is 54.9 Å². The van der Waals surface area contributed by atoms with Crippen LogP contribution in [0.4, 0.5) is 5.69 Å². The van der Waals surface area contributed by atoms with Gasteiger partial charge in [-0.25, -0.2) is 0 Å². The lowest BCUT2D eigenvalue weighted by molar-refractivity contribution is -0.144. The van der Waals surface area contributed by atoms with E-state index in [1.807, 2.05) is 52.8 Å². The largest absolute Gasteiger partial charge is 0.394 e. The van der Waals surface area contributed by atoms with Gasteiger partial charge in [-0.3, -0.25) is 14.4 Å². The first-order valence-electron chi connectivity index (χ1n) is 13.0. The van der Waals surface area contributed by atoms with Crippen molar-refractivity contribution in [3.8, 4) is 0 Å². The van der Waals surface area contributed by atoms with Gasteiger partial charge in [0.05, 0.1) is 30.6 Å². The van der Waals surface area contributed by atoms with Gasteiger partial charge < -0.3 is 25.4 Å². The van der Waals surface area contributed by atoms with Crippen LogP contribution in [0.3, 0.4) is 0 Å². The Morgan fingerprint density at radius 3 is 2.50 bits per heavy atom. The average molecular weight is 565 g/mol. The van der Waals surface area contributed by atoms with Gasteiger partial charge in [0.15, 0.2) is 0 Å². The normalized spacial score (nSPS) is 31.6. The lowest BCUT2D eigenvalue weighted by Crippen LogP contribution is -2.57. The zero-order valence-electron chi connectivity index (χ0n) is 21.7. The number of hydrogen-bond acceptors (Lipinski definition) is 5. The quantitative estimate of drug-likeness (QED) is 0.400. The van der Waals surface area contributed by atoms with Crippen molar-refractivity contribution in [3.63, 3.8) is 0 Å². The molecule has 3 saturated heterocycles. The van der Waals surface area contributed by atoms with Crippen molar-refractivity contribution in [2.24, 2.45) is 17.8 Å². The summed E-state index contributed by atoms with van der Waals surface area (Å²) in [4.78, 5) is 42.8. The number of carbonyl (C=O) groups excluding carboxylic acids is 3. The molecule has 0 aromatic heterocycles. The molecule has 1 aromatic carbocycles. The highest BCUT2D eigenvalue weighted by Crippen LogP contribution is 2.60. The summed E-state index contributed by atoms with van der Waals surface area (Å²) >= 11 is 3.69. The Morgan fingerprint density at radius 1 is 1.25 bits per heavy atom. The molecule has 1 aromatic rings. The van der Waals surface area contributed by atoms with Crippen LogP contribution in [0.1, 0.15) is 51.2 Å². The van der Waals surface area contributed by atoms with Gasteiger partial charge in [0, 0.05) is 17.1 Å². The molecule has 0 radical (unpaired) electrons. The van der Waals surface area contributed by atoms with Crippen LogP contribution in [0.5, 0.6) is 0 Å². The first-order valence-corrected chi connectivity index (χ1v) is 13.9. The minimum Gasteiger partial charge on any atom is -0.394 e. The molecular formula is C27H38BrN3O5. The van der Waals surface area contributed by atoms with Gasteiger partial charge in [-0.05, 0) is 50.2 Å². The highest BCUT2D eigenvalue weighted by molar-refractivity contribution is 9.09. The summed E-state index contributed by atoms with van der Waals surface area (Å²) in [5, 5.41) is 16.4. The molecule has 8 nitrogen and oxygen atoms in total. The van der Waals surface area contributed by atoms with Crippen molar-refractivity contribution in [1.82, 2.24) is 10.2 Å². The van der Waals surface area contributed by atoms with E-state index in [1.54, 1.807) is 0 Å². The average Bonchev–Trinajstić information content (AvgIpc) is 3.41. The zero-order valence-corrected chi connectivity index (χ0v) is 23.3. The second-order valence-corrected chi connectivity index (χ2v) is 12.1. The number of ether oxygens (including phenoxy) is 1. The number of aryl methyl sites for hydroxylation is 2. The van der Waals surface area contributed by atoms with Crippen LogP contribution < -0.4 is 10.6 Å². The van der Waals surface area contributed by atoms with Crippen molar-refractivity contribution in [1.29, 1.82) is 0 Å². The summed E-state index contributed by atoms with van der Waals surface area (Å²) in [6.45, 7) is 10.1. The highest BCUT2D eigenvalue weighted by atomic mass is 79.9. The summed E-state index contributed by atoms with van der Waals surface area (Å²) in [6, 6.07) is 4.27. The molecule has 3 amide bonds. The van der Waals surface area contributed by atoms with E-state index in [0.717, 1.165) is 17.5 Å². The van der Waals surface area contributed by atoms with Crippen LogP contribution in [-0.4, -0.2) is 69.5 Å². The fraction of sp³-hybridized carbons (Fsp3) is 0.667. The summed E-state index contributed by atoms with van der Waals surface area (Å²) in [7, 11) is 0. The number of fused-ring (bicyclic) bond motifs is 1. The maximum Gasteiger partial charge on any atom is 0.250 e. The molecule has 0 aliphatic carbocycles. The number of halogens is 1. The second kappa shape index (κ2) is 10.4. The number of rotatable bonds is 9. The minimum absolute atomic E-state index is 0.160. The number of nitrogens with one attached hydrogen (secondary N) is 2. The number of para-hydroxylation sites is 1. The standard InChI is InChI=1S/C27H38BrN3O5/c1-6-10-29-24(33)19-20-26(35)31(17(13-32)11-14(2)3)23(27(20)12-18(28)22(19)36-27)25(34)30-21-15(4)8-7-9-16(21)5/h7-9,14,17-20,22-23,32H,6,10-13H2,1-5H3,(H,29,33)(H,30,34)/t17-,18?,19-,20+,22-,23?,27?/m1/s1. The number of hydrogen-bond donors (Lipinski definition) is 3. The van der Waals surface area contributed by atoms with Crippen LogP contribution in [-0.2, 0) is 19.1 Å². The van der Waals surface area contributed by atoms with Gasteiger partial charge in [-0.2, -0.15) is 0 Å². The second-order valence-electron chi connectivity index (χ2n) is 10.9. The third-order valence-electron chi connectivity index (χ3n) is 7.90. The summed E-state index contributed by atoms with van der Waals surface area (Å²) in [6.07, 6.45) is 1.25. The summed E-state index contributed by atoms with van der Waals surface area (Å²) < 4.78 is 6.53. The zero-order chi connectivity index (χ0) is 26.4. The lowest BCUT2D eigenvalue weighted by Gasteiger charge is -2.37. The van der Waals surface area contributed by atoms with E-state index >= 15 is 0 Å².